The third-order valence-electron chi connectivity index (χ3n) is 4.79. The van der Waals surface area contributed by atoms with E-state index in [0.29, 0.717) is 18.6 Å². The van der Waals surface area contributed by atoms with Crippen molar-refractivity contribution in [1.82, 2.24) is 4.98 Å². The molecule has 0 bridgehead atoms. The summed E-state index contributed by atoms with van der Waals surface area (Å²) >= 11 is 0. The zero-order valence-corrected chi connectivity index (χ0v) is 16.0. The Labute approximate surface area is 170 Å². The van der Waals surface area contributed by atoms with Gasteiger partial charge in [0, 0.05) is 47.8 Å². The zero-order chi connectivity index (χ0) is 20.1. The first-order valence-electron chi connectivity index (χ1n) is 9.50. The van der Waals surface area contributed by atoms with E-state index in [2.05, 4.69) is 32.3 Å². The average Bonchev–Trinajstić information content (AvgIpc) is 2.75. The zero-order valence-electron chi connectivity index (χ0n) is 16.0. The number of aromatic nitrogens is 3. The molecule has 0 radical (unpaired) electrons. The smallest absolute Gasteiger partial charge is 0.423 e. The molecule has 1 aromatic carbocycles. The van der Waals surface area contributed by atoms with Crippen molar-refractivity contribution in [3.63, 3.8) is 0 Å². The molecule has 0 amide bonds. The molecule has 0 unspecified atom stereocenters. The van der Waals surface area contributed by atoms with Crippen molar-refractivity contribution < 1.29 is 19.2 Å². The van der Waals surface area contributed by atoms with Gasteiger partial charge in [-0.25, -0.2) is 9.13 Å². The van der Waals surface area contributed by atoms with Gasteiger partial charge in [-0.15, -0.1) is 0 Å². The summed E-state index contributed by atoms with van der Waals surface area (Å²) in [5, 5.41) is 19.4. The molecule has 29 heavy (non-hydrogen) atoms. The van der Waals surface area contributed by atoms with E-state index in [1.54, 1.807) is 12.4 Å². The van der Waals surface area contributed by atoms with Crippen LogP contribution in [0.4, 0.5) is 0 Å². The van der Waals surface area contributed by atoms with Crippen molar-refractivity contribution in [1.29, 1.82) is 0 Å². The van der Waals surface area contributed by atoms with Gasteiger partial charge in [-0.05, 0) is 34.8 Å². The maximum absolute atomic E-state index is 9.70. The molecule has 0 saturated heterocycles. The van der Waals surface area contributed by atoms with Crippen LogP contribution in [0, 0.1) is 0 Å². The molecule has 0 spiro atoms. The lowest BCUT2D eigenvalue weighted by molar-refractivity contribution is -0.689. The predicted molar refractivity (Wildman–Crippen MR) is 111 cm³/mol. The first-order chi connectivity index (χ1) is 14.2. The lowest BCUT2D eigenvalue weighted by Gasteiger charge is -2.07. The van der Waals surface area contributed by atoms with Crippen LogP contribution in [-0.4, -0.2) is 22.2 Å². The van der Waals surface area contributed by atoms with Crippen molar-refractivity contribution in [2.45, 2.75) is 13.1 Å². The van der Waals surface area contributed by atoms with Gasteiger partial charge in [0.25, 0.3) is 0 Å². The van der Waals surface area contributed by atoms with Crippen LogP contribution in [0.3, 0.4) is 0 Å². The number of nitrogens with zero attached hydrogens (tertiary/aromatic N) is 3. The topological polar surface area (TPSA) is 61.1 Å². The van der Waals surface area contributed by atoms with Crippen LogP contribution in [0.25, 0.3) is 11.1 Å². The fourth-order valence-corrected chi connectivity index (χ4v) is 3.38. The highest BCUT2D eigenvalue weighted by atomic mass is 16.4. The van der Waals surface area contributed by atoms with E-state index in [-0.39, 0.29) is 0 Å². The molecule has 4 rings (SSSR count). The molecule has 0 fully saturated rings. The second-order valence-corrected chi connectivity index (χ2v) is 7.00. The summed E-state index contributed by atoms with van der Waals surface area (Å²) in [6.07, 6.45) is 11.6. The van der Waals surface area contributed by atoms with Crippen LogP contribution in [0.2, 0.25) is 0 Å². The number of benzene rings is 1. The molecule has 3 aromatic heterocycles. The van der Waals surface area contributed by atoms with Crippen LogP contribution < -0.4 is 14.6 Å². The molecule has 6 heteroatoms. The third kappa shape index (κ3) is 4.93. The average molecular weight is 383 g/mol. The normalized spacial score (nSPS) is 10.7. The van der Waals surface area contributed by atoms with E-state index in [0.717, 1.165) is 22.3 Å². The first-order valence-corrected chi connectivity index (χ1v) is 9.50. The van der Waals surface area contributed by atoms with Gasteiger partial charge in [0.1, 0.15) is 0 Å². The largest absolute Gasteiger partial charge is 0.488 e. The Kier molecular flexibility index (Phi) is 5.75. The monoisotopic (exact) mass is 383 g/mol. The van der Waals surface area contributed by atoms with E-state index in [1.807, 2.05) is 67.3 Å². The van der Waals surface area contributed by atoms with Crippen LogP contribution in [0.1, 0.15) is 11.1 Å². The fourth-order valence-electron chi connectivity index (χ4n) is 3.38. The van der Waals surface area contributed by atoms with Gasteiger partial charge in [0.15, 0.2) is 37.9 Å². The van der Waals surface area contributed by atoms with Crippen molar-refractivity contribution in [3.8, 4) is 11.1 Å². The molecular formula is C23H22BN3O2+2. The summed E-state index contributed by atoms with van der Waals surface area (Å²) in [6.45, 7) is 1.31. The van der Waals surface area contributed by atoms with E-state index in [1.165, 1.54) is 0 Å². The van der Waals surface area contributed by atoms with Crippen LogP contribution >= 0.6 is 0 Å². The van der Waals surface area contributed by atoms with Gasteiger partial charge in [-0.2, -0.15) is 0 Å². The molecule has 3 heterocycles. The summed E-state index contributed by atoms with van der Waals surface area (Å²) < 4.78 is 4.14. The minimum atomic E-state index is -1.49. The van der Waals surface area contributed by atoms with Gasteiger partial charge in [-0.3, -0.25) is 4.98 Å². The van der Waals surface area contributed by atoms with Crippen LogP contribution in [0.15, 0.2) is 97.8 Å². The molecule has 0 saturated carbocycles. The predicted octanol–water partition coefficient (Wildman–Crippen LogP) is 1.10. The molecule has 0 atom stereocenters. The van der Waals surface area contributed by atoms with Gasteiger partial charge in [0.05, 0.1) is 0 Å². The highest BCUT2D eigenvalue weighted by Crippen LogP contribution is 2.16. The second-order valence-electron chi connectivity index (χ2n) is 7.00. The number of rotatable bonds is 6. The SMILES string of the molecule is OB(O)c1cc(C[n+]2ccccc2)cc(C[n+]2ccc(-c3ccncc3)cc2)c1. The van der Waals surface area contributed by atoms with E-state index in [9.17, 15) is 10.0 Å². The Hall–Kier alpha value is -3.35. The Morgan fingerprint density at radius 2 is 1.24 bits per heavy atom. The first kappa shape index (κ1) is 19.0. The summed E-state index contributed by atoms with van der Waals surface area (Å²) in [6, 6.07) is 19.8. The summed E-state index contributed by atoms with van der Waals surface area (Å²) in [4.78, 5) is 4.06. The van der Waals surface area contributed by atoms with Gasteiger partial charge >= 0.3 is 7.12 Å². The van der Waals surface area contributed by atoms with E-state index >= 15 is 0 Å². The van der Waals surface area contributed by atoms with Crippen molar-refractivity contribution in [2.75, 3.05) is 0 Å². The molecule has 2 N–H and O–H groups in total. The Morgan fingerprint density at radius 1 is 0.690 bits per heavy atom. The van der Waals surface area contributed by atoms with Crippen LogP contribution in [-0.2, 0) is 13.1 Å². The molecule has 0 aliphatic heterocycles. The highest BCUT2D eigenvalue weighted by molar-refractivity contribution is 6.58. The Balaban J connectivity index is 1.57. The minimum Gasteiger partial charge on any atom is -0.423 e. The van der Waals surface area contributed by atoms with Crippen LogP contribution in [0.5, 0.6) is 0 Å². The molecule has 4 aromatic rings. The quantitative estimate of drug-likeness (QED) is 0.387. The fraction of sp³-hybridized carbons (Fsp3) is 0.0870. The lowest BCUT2D eigenvalue weighted by atomic mass is 9.78. The van der Waals surface area contributed by atoms with E-state index in [4.69, 9.17) is 0 Å². The van der Waals surface area contributed by atoms with Crippen molar-refractivity contribution >= 4 is 12.6 Å². The maximum atomic E-state index is 9.70. The van der Waals surface area contributed by atoms with E-state index < -0.39 is 7.12 Å². The van der Waals surface area contributed by atoms with Crippen molar-refractivity contribution in [2.24, 2.45) is 0 Å². The molecular weight excluding hydrogens is 361 g/mol. The van der Waals surface area contributed by atoms with Crippen molar-refractivity contribution in [3.05, 3.63) is 109 Å². The molecule has 0 aliphatic carbocycles. The highest BCUT2D eigenvalue weighted by Gasteiger charge is 2.16. The Morgan fingerprint density at radius 3 is 1.83 bits per heavy atom. The molecule has 5 nitrogen and oxygen atoms in total. The summed E-state index contributed by atoms with van der Waals surface area (Å²) in [5.74, 6) is 0. The Bertz CT molecular complexity index is 1070. The summed E-state index contributed by atoms with van der Waals surface area (Å²) in [7, 11) is -1.49. The molecule has 0 aliphatic rings. The lowest BCUT2D eigenvalue weighted by Crippen LogP contribution is -2.37. The van der Waals surface area contributed by atoms with Gasteiger partial charge < -0.3 is 10.0 Å². The minimum absolute atomic E-state index is 0.503. The number of hydrogen-bond donors (Lipinski definition) is 2. The molecule has 142 valence electrons. The number of hydrogen-bond acceptors (Lipinski definition) is 3. The number of pyridine rings is 3. The second kappa shape index (κ2) is 8.77. The van der Waals surface area contributed by atoms with Gasteiger partial charge in [0.2, 0.25) is 0 Å². The summed E-state index contributed by atoms with van der Waals surface area (Å²) in [5.41, 5.74) is 4.80. The standard InChI is InChI=1S/C23H22BN3O2/c28-24(29)23-15-19(17-26-10-2-1-3-11-26)14-20(16-23)18-27-12-6-22(7-13-27)21-4-8-25-9-5-21/h1-16,28-29H,17-18H2/q+2. The maximum Gasteiger partial charge on any atom is 0.488 e. The van der Waals surface area contributed by atoms with Gasteiger partial charge in [-0.1, -0.05) is 18.2 Å². The third-order valence-corrected chi connectivity index (χ3v) is 4.79.